The van der Waals surface area contributed by atoms with Crippen molar-refractivity contribution in [3.8, 4) is 0 Å². The standard InChI is InChI=1S/C17H26N3O3P/c21-17-16(9-6-12-19-11-4-5-13-20(17)19)18-24(22,23)14-10-15-7-2-1-3-8-15/h1-3,7-8,16H,4-6,9-14H2,(H2,18,22,23)/t16-/m0/s1. The fourth-order valence-corrected chi connectivity index (χ4v) is 4.85. The van der Waals surface area contributed by atoms with Gasteiger partial charge >= 0.3 is 0 Å². The lowest BCUT2D eigenvalue weighted by atomic mass is 10.1. The lowest BCUT2D eigenvalue weighted by molar-refractivity contribution is -0.152. The van der Waals surface area contributed by atoms with Gasteiger partial charge in [0, 0.05) is 25.8 Å². The zero-order chi connectivity index (χ0) is 17.0. The van der Waals surface area contributed by atoms with E-state index >= 15 is 0 Å². The highest BCUT2D eigenvalue weighted by molar-refractivity contribution is 7.55. The van der Waals surface area contributed by atoms with Gasteiger partial charge in [-0.1, -0.05) is 30.3 Å². The van der Waals surface area contributed by atoms with Crippen molar-refractivity contribution in [2.45, 2.75) is 38.1 Å². The molecule has 132 valence electrons. The van der Waals surface area contributed by atoms with Crippen LogP contribution in [0.5, 0.6) is 0 Å². The van der Waals surface area contributed by atoms with Gasteiger partial charge in [0.25, 0.3) is 13.4 Å². The lowest BCUT2D eigenvalue weighted by Crippen LogP contribution is -2.53. The second-order valence-electron chi connectivity index (χ2n) is 6.61. The van der Waals surface area contributed by atoms with E-state index in [-0.39, 0.29) is 12.1 Å². The van der Waals surface area contributed by atoms with Crippen molar-refractivity contribution < 1.29 is 14.3 Å². The zero-order valence-electron chi connectivity index (χ0n) is 13.9. The summed E-state index contributed by atoms with van der Waals surface area (Å²) in [5, 5.41) is 6.66. The van der Waals surface area contributed by atoms with E-state index in [4.69, 9.17) is 0 Å². The number of hydrogen-bond donors (Lipinski definition) is 2. The van der Waals surface area contributed by atoms with Crippen LogP contribution in [0.25, 0.3) is 0 Å². The fourth-order valence-electron chi connectivity index (χ4n) is 3.43. The number of aryl methyl sites for hydroxylation is 1. The number of carbonyl (C=O) groups is 1. The predicted octanol–water partition coefficient (Wildman–Crippen LogP) is 2.01. The van der Waals surface area contributed by atoms with E-state index in [1.54, 1.807) is 5.01 Å². The first-order chi connectivity index (χ1) is 11.6. The minimum atomic E-state index is -3.55. The average Bonchev–Trinajstić information content (AvgIpc) is 2.74. The van der Waals surface area contributed by atoms with Crippen LogP contribution < -0.4 is 5.09 Å². The van der Waals surface area contributed by atoms with E-state index in [1.165, 1.54) is 0 Å². The summed E-state index contributed by atoms with van der Waals surface area (Å²) in [6.45, 7) is 2.48. The number of nitrogens with zero attached hydrogens (tertiary/aromatic N) is 2. The Labute approximate surface area is 143 Å². The van der Waals surface area contributed by atoms with E-state index in [1.807, 2.05) is 30.3 Å². The van der Waals surface area contributed by atoms with Crippen LogP contribution in [-0.4, -0.2) is 52.7 Å². The molecule has 0 spiro atoms. The Hall–Kier alpha value is -1.20. The molecule has 1 aromatic rings. The maximum Gasteiger partial charge on any atom is 0.268 e. The summed E-state index contributed by atoms with van der Waals surface area (Å²) >= 11 is 0. The van der Waals surface area contributed by atoms with E-state index in [0.717, 1.165) is 44.5 Å². The minimum absolute atomic E-state index is 0.0545. The van der Waals surface area contributed by atoms with Gasteiger partial charge in [-0.15, -0.1) is 0 Å². The number of nitrogens with one attached hydrogen (secondary N) is 1. The Morgan fingerprint density at radius 3 is 2.62 bits per heavy atom. The Bertz CT molecular complexity index is 610. The first-order valence-corrected chi connectivity index (χ1v) is 10.6. The Morgan fingerprint density at radius 2 is 1.83 bits per heavy atom. The molecular weight excluding hydrogens is 325 g/mol. The molecule has 1 unspecified atom stereocenters. The Balaban J connectivity index is 1.60. The maximum absolute atomic E-state index is 12.7. The van der Waals surface area contributed by atoms with Gasteiger partial charge in [-0.25, -0.2) is 10.1 Å². The summed E-state index contributed by atoms with van der Waals surface area (Å²) in [5.74, 6) is -0.0545. The van der Waals surface area contributed by atoms with E-state index in [9.17, 15) is 14.3 Å². The molecule has 2 aliphatic heterocycles. The average molecular weight is 351 g/mol. The van der Waals surface area contributed by atoms with Crippen molar-refractivity contribution in [3.05, 3.63) is 35.9 Å². The summed E-state index contributed by atoms with van der Waals surface area (Å²) < 4.78 is 12.5. The van der Waals surface area contributed by atoms with Crippen molar-refractivity contribution in [2.24, 2.45) is 0 Å². The van der Waals surface area contributed by atoms with Gasteiger partial charge in [0.05, 0.1) is 6.04 Å². The molecule has 2 N–H and O–H groups in total. The summed E-state index contributed by atoms with van der Waals surface area (Å²) in [4.78, 5) is 23.0. The Morgan fingerprint density at radius 1 is 1.12 bits per heavy atom. The normalized spacial score (nSPS) is 25.0. The monoisotopic (exact) mass is 351 g/mol. The van der Waals surface area contributed by atoms with Crippen molar-refractivity contribution in [1.29, 1.82) is 0 Å². The predicted molar refractivity (Wildman–Crippen MR) is 93.5 cm³/mol. The van der Waals surface area contributed by atoms with Crippen LogP contribution in [-0.2, 0) is 15.8 Å². The number of hydrogen-bond acceptors (Lipinski definition) is 3. The SMILES string of the molecule is O=C1[C@@H](NP(=O)(O)CCc2ccccc2)CCCN2CCCCN12. The van der Waals surface area contributed by atoms with E-state index in [2.05, 4.69) is 10.1 Å². The molecular formula is C17H26N3O3P. The molecule has 0 aliphatic carbocycles. The molecule has 6 nitrogen and oxygen atoms in total. The maximum atomic E-state index is 12.7. The van der Waals surface area contributed by atoms with Crippen LogP contribution in [0.3, 0.4) is 0 Å². The van der Waals surface area contributed by atoms with E-state index in [0.29, 0.717) is 12.8 Å². The van der Waals surface area contributed by atoms with Gasteiger partial charge in [0.15, 0.2) is 0 Å². The first kappa shape index (κ1) is 17.6. The molecule has 2 aliphatic rings. The Kier molecular flexibility index (Phi) is 5.72. The summed E-state index contributed by atoms with van der Waals surface area (Å²) in [6.07, 6.45) is 4.25. The number of hydrazine groups is 1. The number of benzene rings is 1. The summed E-state index contributed by atoms with van der Waals surface area (Å²) in [7, 11) is -3.55. The zero-order valence-corrected chi connectivity index (χ0v) is 14.8. The summed E-state index contributed by atoms with van der Waals surface area (Å²) in [6, 6.07) is 9.11. The van der Waals surface area contributed by atoms with Crippen LogP contribution >= 0.6 is 7.52 Å². The molecule has 0 aromatic heterocycles. The van der Waals surface area contributed by atoms with Crippen LogP contribution in [0.4, 0.5) is 0 Å². The first-order valence-electron chi connectivity index (χ1n) is 8.75. The molecule has 2 saturated heterocycles. The molecule has 2 atom stereocenters. The van der Waals surface area contributed by atoms with Crippen molar-refractivity contribution >= 4 is 13.4 Å². The van der Waals surface area contributed by atoms with Gasteiger partial charge < -0.3 is 4.89 Å². The van der Waals surface area contributed by atoms with Gasteiger partial charge in [0.2, 0.25) is 0 Å². The largest absolute Gasteiger partial charge is 0.333 e. The topological polar surface area (TPSA) is 72.9 Å². The van der Waals surface area contributed by atoms with Crippen LogP contribution in [0.1, 0.15) is 31.2 Å². The second kappa shape index (κ2) is 7.79. The van der Waals surface area contributed by atoms with Gasteiger partial charge in [-0.05, 0) is 37.7 Å². The van der Waals surface area contributed by atoms with Crippen molar-refractivity contribution in [2.75, 3.05) is 25.8 Å². The molecule has 3 rings (SSSR count). The molecule has 2 fully saturated rings. The number of rotatable bonds is 5. The number of amides is 1. The van der Waals surface area contributed by atoms with Gasteiger partial charge in [-0.2, -0.15) is 0 Å². The highest BCUT2D eigenvalue weighted by Gasteiger charge is 2.36. The molecule has 7 heteroatoms. The smallest absolute Gasteiger partial charge is 0.268 e. The van der Waals surface area contributed by atoms with Crippen molar-refractivity contribution in [1.82, 2.24) is 15.1 Å². The second-order valence-corrected chi connectivity index (χ2v) is 8.72. The van der Waals surface area contributed by atoms with Crippen molar-refractivity contribution in [3.63, 3.8) is 0 Å². The lowest BCUT2D eigenvalue weighted by Gasteiger charge is -2.38. The molecule has 0 bridgehead atoms. The van der Waals surface area contributed by atoms with Crippen LogP contribution in [0, 0.1) is 0 Å². The minimum Gasteiger partial charge on any atom is -0.333 e. The fraction of sp³-hybridized carbons (Fsp3) is 0.588. The third-order valence-corrected chi connectivity index (χ3v) is 6.29. The highest BCUT2D eigenvalue weighted by atomic mass is 31.2. The molecule has 0 radical (unpaired) electrons. The molecule has 1 aromatic carbocycles. The molecule has 24 heavy (non-hydrogen) atoms. The third-order valence-electron chi connectivity index (χ3n) is 4.74. The number of fused-ring (bicyclic) bond motifs is 1. The summed E-state index contributed by atoms with van der Waals surface area (Å²) in [5.41, 5.74) is 1.03. The molecule has 2 heterocycles. The van der Waals surface area contributed by atoms with Crippen LogP contribution in [0.2, 0.25) is 0 Å². The van der Waals surface area contributed by atoms with Crippen LogP contribution in [0.15, 0.2) is 30.3 Å². The molecule has 0 saturated carbocycles. The quantitative estimate of drug-likeness (QED) is 0.794. The van der Waals surface area contributed by atoms with E-state index < -0.39 is 13.6 Å². The van der Waals surface area contributed by atoms with Gasteiger partial charge in [0.1, 0.15) is 0 Å². The van der Waals surface area contributed by atoms with Gasteiger partial charge in [-0.3, -0.25) is 14.4 Å². The third kappa shape index (κ3) is 4.45. The molecule has 1 amide bonds. The number of carbonyl (C=O) groups excluding carboxylic acids is 1. The highest BCUT2D eigenvalue weighted by Crippen LogP contribution is 2.38.